The summed E-state index contributed by atoms with van der Waals surface area (Å²) in [5, 5.41) is 2.88. The van der Waals surface area contributed by atoms with Crippen molar-refractivity contribution in [3.05, 3.63) is 65.2 Å². The first kappa shape index (κ1) is 19.1. The topological polar surface area (TPSA) is 52.7 Å². The largest absolute Gasteiger partial charge is 0.337 e. The van der Waals surface area contributed by atoms with Crippen molar-refractivity contribution in [1.29, 1.82) is 0 Å². The van der Waals surface area contributed by atoms with Crippen LogP contribution in [0.15, 0.2) is 48.5 Å². The maximum Gasteiger partial charge on any atom is 0.239 e. The van der Waals surface area contributed by atoms with E-state index in [1.54, 1.807) is 4.90 Å². The number of fused-ring (bicyclic) bond motifs is 1. The fourth-order valence-electron chi connectivity index (χ4n) is 3.34. The van der Waals surface area contributed by atoms with Crippen molar-refractivity contribution in [1.82, 2.24) is 9.80 Å². The van der Waals surface area contributed by atoms with Gasteiger partial charge < -0.3 is 10.2 Å². The minimum atomic E-state index is -0.348. The summed E-state index contributed by atoms with van der Waals surface area (Å²) in [5.74, 6) is -0.0554. The molecule has 0 fully saturated rings. The van der Waals surface area contributed by atoms with Gasteiger partial charge in [0.15, 0.2) is 0 Å². The minimum absolute atomic E-state index is 0.0649. The van der Waals surface area contributed by atoms with E-state index in [0.29, 0.717) is 6.54 Å². The van der Waals surface area contributed by atoms with Gasteiger partial charge in [0.05, 0.1) is 12.6 Å². The van der Waals surface area contributed by atoms with E-state index >= 15 is 0 Å². The third-order valence-electron chi connectivity index (χ3n) is 5.19. The zero-order chi connectivity index (χ0) is 19.4. The Bertz CT molecular complexity index is 817. The fraction of sp³-hybridized carbons (Fsp3) is 0.364. The fourth-order valence-corrected chi connectivity index (χ4v) is 3.34. The van der Waals surface area contributed by atoms with Gasteiger partial charge in [-0.15, -0.1) is 0 Å². The zero-order valence-electron chi connectivity index (χ0n) is 16.2. The molecule has 0 aromatic heterocycles. The Hall–Kier alpha value is -2.66. The number of aryl methyl sites for hydroxylation is 1. The quantitative estimate of drug-likeness (QED) is 0.886. The van der Waals surface area contributed by atoms with Crippen LogP contribution in [0.25, 0.3) is 0 Å². The number of benzene rings is 2. The van der Waals surface area contributed by atoms with Crippen LogP contribution < -0.4 is 5.32 Å². The van der Waals surface area contributed by atoms with Gasteiger partial charge in [-0.3, -0.25) is 14.5 Å². The summed E-state index contributed by atoms with van der Waals surface area (Å²) >= 11 is 0. The van der Waals surface area contributed by atoms with Crippen molar-refractivity contribution in [2.45, 2.75) is 32.9 Å². The van der Waals surface area contributed by atoms with Gasteiger partial charge in [-0.25, -0.2) is 0 Å². The molecule has 1 heterocycles. The van der Waals surface area contributed by atoms with E-state index in [0.717, 1.165) is 24.2 Å². The monoisotopic (exact) mass is 365 g/mol. The van der Waals surface area contributed by atoms with Crippen LogP contribution in [0, 0.1) is 6.92 Å². The Labute approximate surface area is 161 Å². The number of carbonyl (C=O) groups excluding carboxylic acids is 2. The summed E-state index contributed by atoms with van der Waals surface area (Å²) in [6.45, 7) is 5.41. The molecule has 1 aliphatic rings. The van der Waals surface area contributed by atoms with E-state index in [2.05, 4.69) is 17.4 Å². The second-order valence-corrected chi connectivity index (χ2v) is 7.28. The second kappa shape index (κ2) is 8.35. The van der Waals surface area contributed by atoms with Crippen LogP contribution in [0.1, 0.15) is 23.6 Å². The number of hydrogen-bond donors (Lipinski definition) is 1. The normalized spacial score (nSPS) is 14.6. The average molecular weight is 365 g/mol. The molecule has 1 aliphatic heterocycles. The highest BCUT2D eigenvalue weighted by Gasteiger charge is 2.27. The van der Waals surface area contributed by atoms with Crippen LogP contribution in [-0.4, -0.2) is 47.8 Å². The van der Waals surface area contributed by atoms with Crippen LogP contribution in [0.3, 0.4) is 0 Å². The lowest BCUT2D eigenvalue weighted by molar-refractivity contribution is -0.137. The highest BCUT2D eigenvalue weighted by Crippen LogP contribution is 2.19. The Morgan fingerprint density at radius 2 is 1.78 bits per heavy atom. The van der Waals surface area contributed by atoms with Crippen molar-refractivity contribution >= 4 is 17.5 Å². The highest BCUT2D eigenvalue weighted by atomic mass is 16.2. The number of carbonyl (C=O) groups is 2. The summed E-state index contributed by atoms with van der Waals surface area (Å²) in [7, 11) is 1.81. The molecule has 1 N–H and O–H groups in total. The summed E-state index contributed by atoms with van der Waals surface area (Å²) in [6.07, 6.45) is 0.881. The Morgan fingerprint density at radius 1 is 1.11 bits per heavy atom. The highest BCUT2D eigenvalue weighted by molar-refractivity contribution is 5.92. The summed E-state index contributed by atoms with van der Waals surface area (Å²) in [5.41, 5.74) is 4.45. The Morgan fingerprint density at radius 3 is 2.48 bits per heavy atom. The first-order chi connectivity index (χ1) is 12.9. The van der Waals surface area contributed by atoms with E-state index in [1.807, 2.05) is 62.2 Å². The smallest absolute Gasteiger partial charge is 0.239 e. The van der Waals surface area contributed by atoms with E-state index in [4.69, 9.17) is 0 Å². The van der Waals surface area contributed by atoms with Gasteiger partial charge in [-0.2, -0.15) is 0 Å². The molecule has 142 valence electrons. The maximum absolute atomic E-state index is 12.9. The molecule has 3 rings (SSSR count). The second-order valence-electron chi connectivity index (χ2n) is 7.28. The SMILES string of the molecule is Cc1ccc(NC(=O)CN(C)C(C)C(=O)N2CCc3ccccc3C2)cc1. The average Bonchev–Trinajstić information content (AvgIpc) is 2.68. The number of nitrogens with zero attached hydrogens (tertiary/aromatic N) is 2. The standard InChI is InChI=1S/C22H27N3O2/c1-16-8-10-20(11-9-16)23-21(26)15-24(3)17(2)22(27)25-13-12-18-6-4-5-7-19(18)14-25/h4-11,17H,12-15H2,1-3H3,(H,23,26). The lowest BCUT2D eigenvalue weighted by atomic mass is 9.99. The predicted octanol–water partition coefficient (Wildman–Crippen LogP) is 2.84. The number of hydrogen-bond acceptors (Lipinski definition) is 3. The van der Waals surface area contributed by atoms with E-state index in [9.17, 15) is 9.59 Å². The van der Waals surface area contributed by atoms with Crippen molar-refractivity contribution < 1.29 is 9.59 Å². The van der Waals surface area contributed by atoms with Crippen LogP contribution >= 0.6 is 0 Å². The molecule has 0 saturated carbocycles. The van der Waals surface area contributed by atoms with Gasteiger partial charge in [0, 0.05) is 18.8 Å². The lowest BCUT2D eigenvalue weighted by Crippen LogP contribution is -2.49. The lowest BCUT2D eigenvalue weighted by Gasteiger charge is -2.33. The van der Waals surface area contributed by atoms with Crippen molar-refractivity contribution in [2.75, 3.05) is 25.5 Å². The third-order valence-corrected chi connectivity index (χ3v) is 5.19. The number of nitrogens with one attached hydrogen (secondary N) is 1. The number of rotatable bonds is 5. The van der Waals surface area contributed by atoms with Crippen LogP contribution in [0.4, 0.5) is 5.69 Å². The van der Waals surface area contributed by atoms with E-state index in [-0.39, 0.29) is 24.4 Å². The van der Waals surface area contributed by atoms with Gasteiger partial charge in [-0.05, 0) is 50.6 Å². The first-order valence-electron chi connectivity index (χ1n) is 9.36. The van der Waals surface area contributed by atoms with Crippen LogP contribution in [0.5, 0.6) is 0 Å². The van der Waals surface area contributed by atoms with Crippen molar-refractivity contribution in [3.8, 4) is 0 Å². The Kier molecular flexibility index (Phi) is 5.91. The third kappa shape index (κ3) is 4.74. The van der Waals surface area contributed by atoms with E-state index in [1.165, 1.54) is 11.1 Å². The molecule has 5 heteroatoms. The Balaban J connectivity index is 1.55. The molecule has 2 aromatic carbocycles. The van der Waals surface area contributed by atoms with Gasteiger partial charge in [-0.1, -0.05) is 42.0 Å². The summed E-state index contributed by atoms with van der Waals surface area (Å²) in [6, 6.07) is 15.6. The van der Waals surface area contributed by atoms with Crippen molar-refractivity contribution in [2.24, 2.45) is 0 Å². The summed E-state index contributed by atoms with van der Waals surface area (Å²) in [4.78, 5) is 28.9. The molecular weight excluding hydrogens is 338 g/mol. The summed E-state index contributed by atoms with van der Waals surface area (Å²) < 4.78 is 0. The molecule has 1 unspecified atom stereocenters. The molecule has 0 aliphatic carbocycles. The molecule has 2 aromatic rings. The minimum Gasteiger partial charge on any atom is -0.337 e. The van der Waals surface area contributed by atoms with Crippen molar-refractivity contribution in [3.63, 3.8) is 0 Å². The van der Waals surface area contributed by atoms with Crippen LogP contribution in [-0.2, 0) is 22.6 Å². The van der Waals surface area contributed by atoms with E-state index < -0.39 is 0 Å². The van der Waals surface area contributed by atoms with Crippen LogP contribution in [0.2, 0.25) is 0 Å². The number of likely N-dealkylation sites (N-methyl/N-ethyl adjacent to an activating group) is 1. The molecule has 27 heavy (non-hydrogen) atoms. The van der Waals surface area contributed by atoms with Gasteiger partial charge in [0.25, 0.3) is 0 Å². The van der Waals surface area contributed by atoms with Gasteiger partial charge >= 0.3 is 0 Å². The predicted molar refractivity (Wildman–Crippen MR) is 107 cm³/mol. The maximum atomic E-state index is 12.9. The van der Waals surface area contributed by atoms with Gasteiger partial charge in [0.2, 0.25) is 11.8 Å². The number of amides is 2. The number of anilines is 1. The first-order valence-corrected chi connectivity index (χ1v) is 9.36. The molecule has 0 spiro atoms. The molecule has 2 amide bonds. The van der Waals surface area contributed by atoms with Gasteiger partial charge in [0.1, 0.15) is 0 Å². The molecule has 0 radical (unpaired) electrons. The molecule has 1 atom stereocenters. The molecular formula is C22H27N3O2. The molecule has 0 bridgehead atoms. The molecule has 0 saturated heterocycles. The zero-order valence-corrected chi connectivity index (χ0v) is 16.2. The molecule has 5 nitrogen and oxygen atoms in total.